The van der Waals surface area contributed by atoms with Crippen molar-refractivity contribution in [3.05, 3.63) is 65.9 Å². The molecule has 0 unspecified atom stereocenters. The highest BCUT2D eigenvalue weighted by molar-refractivity contribution is 6.16. The Morgan fingerprint density at radius 1 is 1.10 bits per heavy atom. The van der Waals surface area contributed by atoms with Gasteiger partial charge in [0.25, 0.3) is 0 Å². The van der Waals surface area contributed by atoms with Crippen LogP contribution in [0.25, 0.3) is 10.9 Å². The van der Waals surface area contributed by atoms with Gasteiger partial charge >= 0.3 is 12.1 Å². The zero-order chi connectivity index (χ0) is 29.3. The predicted molar refractivity (Wildman–Crippen MR) is 155 cm³/mol. The number of fused-ring (bicyclic) bond motifs is 2. The van der Waals surface area contributed by atoms with Crippen molar-refractivity contribution in [2.75, 3.05) is 11.4 Å². The van der Waals surface area contributed by atoms with Crippen LogP contribution in [-0.4, -0.2) is 64.1 Å². The van der Waals surface area contributed by atoms with E-state index in [-0.39, 0.29) is 24.8 Å². The third-order valence-electron chi connectivity index (χ3n) is 7.64. The number of aromatic amines is 1. The number of anilines is 1. The van der Waals surface area contributed by atoms with Crippen LogP contribution in [0, 0.1) is 6.92 Å². The molecule has 2 aliphatic rings. The molecule has 41 heavy (non-hydrogen) atoms. The van der Waals surface area contributed by atoms with E-state index in [1.165, 1.54) is 4.90 Å². The quantitative estimate of drug-likeness (QED) is 0.413. The number of benzene rings is 2. The molecule has 3 heterocycles. The number of H-pyrrole nitrogens is 1. The smallest absolute Gasteiger partial charge is 0.408 e. The highest BCUT2D eigenvalue weighted by atomic mass is 16.6. The first kappa shape index (κ1) is 28.2. The van der Waals surface area contributed by atoms with E-state index in [0.717, 1.165) is 22.0 Å². The fraction of sp³-hybridized carbons (Fsp3) is 0.419. The van der Waals surface area contributed by atoms with Crippen LogP contribution in [0.15, 0.2) is 54.7 Å². The molecule has 2 aliphatic heterocycles. The molecule has 0 radical (unpaired) electrons. The van der Waals surface area contributed by atoms with Crippen molar-refractivity contribution < 1.29 is 23.9 Å². The second kappa shape index (κ2) is 11.3. The van der Waals surface area contributed by atoms with Gasteiger partial charge in [0.1, 0.15) is 11.6 Å². The largest absolute Gasteiger partial charge is 0.444 e. The van der Waals surface area contributed by atoms with Crippen LogP contribution < -0.4 is 15.5 Å². The molecule has 2 saturated heterocycles. The molecule has 2 aromatic carbocycles. The monoisotopic (exact) mass is 559 g/mol. The minimum atomic E-state index is -0.933. The molecule has 0 bridgehead atoms. The minimum Gasteiger partial charge on any atom is -0.444 e. The number of alkyl carbamates (subject to hydrolysis) is 1. The Balaban J connectivity index is 1.35. The van der Waals surface area contributed by atoms with Crippen molar-refractivity contribution in [3.63, 3.8) is 0 Å². The number of para-hydroxylation sites is 2. The van der Waals surface area contributed by atoms with Gasteiger partial charge in [-0.3, -0.25) is 9.59 Å². The number of nitrogens with zero attached hydrogens (tertiary/aromatic N) is 2. The average Bonchev–Trinajstić information content (AvgIpc) is 3.31. The van der Waals surface area contributed by atoms with Crippen LogP contribution in [0.3, 0.4) is 0 Å². The lowest BCUT2D eigenvalue weighted by molar-refractivity contribution is -0.126. The topological polar surface area (TPSA) is 124 Å². The average molecular weight is 560 g/mol. The number of amides is 5. The standard InChI is InChI=1S/C31H37N5O5/c1-19-10-5-8-14-25(19)36-27(37)17-26-23(13-9-15-35(26)30(36)40)33-28(38)24(34-29(39)41-31(2,3)4)16-20-18-32-22-12-7-6-11-21(20)22/h5-8,10-12,14,18,23-24,26,32H,9,13,15-17H2,1-4H3,(H,33,38)(H,34,39)/t23-,24+,26+/m1/s1. The summed E-state index contributed by atoms with van der Waals surface area (Å²) in [5.41, 5.74) is 2.48. The molecular formula is C31H37N5O5. The normalized spacial score (nSPS) is 20.0. The Morgan fingerprint density at radius 2 is 1.83 bits per heavy atom. The van der Waals surface area contributed by atoms with Gasteiger partial charge in [-0.05, 0) is 63.8 Å². The number of aryl methyl sites for hydroxylation is 1. The third kappa shape index (κ3) is 6.06. The number of piperidine rings is 1. The van der Waals surface area contributed by atoms with E-state index in [4.69, 9.17) is 4.74 Å². The van der Waals surface area contributed by atoms with Crippen LogP contribution in [0.5, 0.6) is 0 Å². The fourth-order valence-electron chi connectivity index (χ4n) is 5.74. The van der Waals surface area contributed by atoms with Gasteiger partial charge in [0.15, 0.2) is 0 Å². The lowest BCUT2D eigenvalue weighted by atomic mass is 9.90. The molecule has 5 amide bonds. The first-order chi connectivity index (χ1) is 19.5. The van der Waals surface area contributed by atoms with E-state index >= 15 is 0 Å². The summed E-state index contributed by atoms with van der Waals surface area (Å²) in [4.78, 5) is 59.5. The Hall–Kier alpha value is -4.34. The number of carbonyl (C=O) groups is 4. The van der Waals surface area contributed by atoms with E-state index < -0.39 is 35.7 Å². The van der Waals surface area contributed by atoms with Gasteiger partial charge in [-0.2, -0.15) is 0 Å². The molecule has 10 nitrogen and oxygen atoms in total. The second-order valence-corrected chi connectivity index (χ2v) is 11.8. The molecule has 2 fully saturated rings. The van der Waals surface area contributed by atoms with Crippen molar-refractivity contribution in [1.29, 1.82) is 0 Å². The molecule has 10 heteroatoms. The zero-order valence-electron chi connectivity index (χ0n) is 23.9. The van der Waals surface area contributed by atoms with Crippen molar-refractivity contribution in [1.82, 2.24) is 20.5 Å². The van der Waals surface area contributed by atoms with E-state index in [9.17, 15) is 19.2 Å². The van der Waals surface area contributed by atoms with Gasteiger partial charge in [-0.15, -0.1) is 0 Å². The Labute approximate surface area is 239 Å². The summed E-state index contributed by atoms with van der Waals surface area (Å²) in [6, 6.07) is 12.9. The number of hydrogen-bond donors (Lipinski definition) is 3. The van der Waals surface area contributed by atoms with Crippen LogP contribution in [0.1, 0.15) is 51.2 Å². The zero-order valence-corrected chi connectivity index (χ0v) is 23.9. The number of urea groups is 1. The maximum absolute atomic E-state index is 13.8. The molecule has 3 N–H and O–H groups in total. The maximum Gasteiger partial charge on any atom is 0.408 e. The van der Waals surface area contributed by atoms with Crippen molar-refractivity contribution in [2.24, 2.45) is 0 Å². The molecule has 3 atom stereocenters. The number of ether oxygens (including phenoxy) is 1. The molecule has 0 saturated carbocycles. The van der Waals surface area contributed by atoms with Gasteiger partial charge in [-0.1, -0.05) is 36.4 Å². The number of imide groups is 1. The number of nitrogens with one attached hydrogen (secondary N) is 3. The molecule has 1 aromatic heterocycles. The summed E-state index contributed by atoms with van der Waals surface area (Å²) in [5.74, 6) is -0.692. The lowest BCUT2D eigenvalue weighted by Gasteiger charge is -2.47. The lowest BCUT2D eigenvalue weighted by Crippen LogP contribution is -2.66. The van der Waals surface area contributed by atoms with Crippen LogP contribution in [0.4, 0.5) is 15.3 Å². The highest BCUT2D eigenvalue weighted by Crippen LogP contribution is 2.31. The van der Waals surface area contributed by atoms with Crippen molar-refractivity contribution in [3.8, 4) is 0 Å². The third-order valence-corrected chi connectivity index (χ3v) is 7.64. The van der Waals surface area contributed by atoms with E-state index in [0.29, 0.717) is 25.1 Å². The number of hydrogen-bond acceptors (Lipinski definition) is 5. The van der Waals surface area contributed by atoms with E-state index in [2.05, 4.69) is 15.6 Å². The second-order valence-electron chi connectivity index (χ2n) is 11.8. The van der Waals surface area contributed by atoms with Crippen LogP contribution >= 0.6 is 0 Å². The summed E-state index contributed by atoms with van der Waals surface area (Å²) in [7, 11) is 0. The molecule has 0 aliphatic carbocycles. The van der Waals surface area contributed by atoms with Crippen LogP contribution in [-0.2, 0) is 20.7 Å². The van der Waals surface area contributed by atoms with Gasteiger partial charge < -0.3 is 25.3 Å². The number of carbonyl (C=O) groups excluding carboxylic acids is 4. The van der Waals surface area contributed by atoms with Gasteiger partial charge in [0, 0.05) is 36.1 Å². The predicted octanol–water partition coefficient (Wildman–Crippen LogP) is 4.42. The summed E-state index contributed by atoms with van der Waals surface area (Å²) in [6.45, 7) is 7.65. The summed E-state index contributed by atoms with van der Waals surface area (Å²) in [5, 5.41) is 6.78. The maximum atomic E-state index is 13.8. The summed E-state index contributed by atoms with van der Waals surface area (Å²) >= 11 is 0. The van der Waals surface area contributed by atoms with Gasteiger partial charge in [0.2, 0.25) is 11.8 Å². The minimum absolute atomic E-state index is 0.0949. The van der Waals surface area contributed by atoms with E-state index in [1.807, 2.05) is 49.5 Å². The number of rotatable bonds is 6. The number of aromatic nitrogens is 1. The van der Waals surface area contributed by atoms with Gasteiger partial charge in [0.05, 0.1) is 18.2 Å². The Bertz CT molecular complexity index is 1470. The Morgan fingerprint density at radius 3 is 2.59 bits per heavy atom. The Kier molecular flexibility index (Phi) is 7.75. The van der Waals surface area contributed by atoms with Crippen molar-refractivity contribution >= 4 is 40.5 Å². The SMILES string of the molecule is Cc1ccccc1N1C(=O)C[C@H]2[C@H](NC(=O)[C@H](Cc3c[nH]c4ccccc34)NC(=O)OC(C)(C)C)CCCN2C1=O. The molecular weight excluding hydrogens is 522 g/mol. The van der Waals surface area contributed by atoms with Crippen molar-refractivity contribution in [2.45, 2.75) is 77.1 Å². The summed E-state index contributed by atoms with van der Waals surface area (Å²) in [6.07, 6.45) is 2.76. The van der Waals surface area contributed by atoms with Gasteiger partial charge in [-0.25, -0.2) is 14.5 Å². The van der Waals surface area contributed by atoms with E-state index in [1.54, 1.807) is 37.8 Å². The first-order valence-corrected chi connectivity index (χ1v) is 14.1. The highest BCUT2D eigenvalue weighted by Gasteiger charge is 2.45. The first-order valence-electron chi connectivity index (χ1n) is 14.1. The summed E-state index contributed by atoms with van der Waals surface area (Å²) < 4.78 is 5.45. The molecule has 216 valence electrons. The van der Waals surface area contributed by atoms with Crippen LogP contribution in [0.2, 0.25) is 0 Å². The molecule has 3 aromatic rings. The molecule has 0 spiro atoms. The fourth-order valence-corrected chi connectivity index (χ4v) is 5.74. The molecule has 5 rings (SSSR count).